The minimum Gasteiger partial charge on any atom is -0.275 e. The molecule has 29 heavy (non-hydrogen) atoms. The molecule has 6 aromatic heterocycles. The Morgan fingerprint density at radius 3 is 1.55 bits per heavy atom. The summed E-state index contributed by atoms with van der Waals surface area (Å²) in [5, 5.41) is 2.09. The van der Waals surface area contributed by atoms with E-state index in [0.29, 0.717) is 17.8 Å². The van der Waals surface area contributed by atoms with Gasteiger partial charge in [-0.05, 0) is 12.1 Å². The van der Waals surface area contributed by atoms with Crippen LogP contribution in [0.15, 0.2) is 74.4 Å². The van der Waals surface area contributed by atoms with Crippen molar-refractivity contribution in [3.05, 3.63) is 74.4 Å². The van der Waals surface area contributed by atoms with Gasteiger partial charge in [-0.1, -0.05) is 0 Å². The lowest BCUT2D eigenvalue weighted by molar-refractivity contribution is 0.810. The summed E-state index contributed by atoms with van der Waals surface area (Å²) in [5.74, 6) is 1.34. The summed E-state index contributed by atoms with van der Waals surface area (Å²) in [6, 6.07) is 3.95. The third-order valence-electron chi connectivity index (χ3n) is 4.64. The van der Waals surface area contributed by atoms with Crippen LogP contribution in [0.4, 0.5) is 0 Å². The van der Waals surface area contributed by atoms with Crippen molar-refractivity contribution < 1.29 is 0 Å². The van der Waals surface area contributed by atoms with E-state index in [1.807, 2.05) is 16.7 Å². The average molecular weight is 380 g/mol. The number of aromatic nitrogens is 10. The molecule has 10 heteroatoms. The van der Waals surface area contributed by atoms with E-state index in [-0.39, 0.29) is 0 Å². The predicted molar refractivity (Wildman–Crippen MR) is 104 cm³/mol. The minimum atomic E-state index is 0.444. The van der Waals surface area contributed by atoms with Crippen LogP contribution in [0.1, 0.15) is 0 Å². The first kappa shape index (κ1) is 15.6. The number of hydrogen-bond donors (Lipinski definition) is 0. The normalized spacial score (nSPS) is 11.4. The maximum Gasteiger partial charge on any atom is 0.241 e. The monoisotopic (exact) mass is 380 g/mol. The van der Waals surface area contributed by atoms with Gasteiger partial charge in [0.15, 0.2) is 0 Å². The SMILES string of the molecule is c1cc2c3ccncc3n(-c3nc(-n4ccnc4)nc(-n4ccnc4)n3)c2cn1. The predicted octanol–water partition coefficient (Wildman–Crippen LogP) is 2.13. The lowest BCUT2D eigenvalue weighted by Crippen LogP contribution is -2.12. The molecule has 0 aliphatic carbocycles. The molecular weight excluding hydrogens is 368 g/mol. The second-order valence-corrected chi connectivity index (χ2v) is 6.30. The van der Waals surface area contributed by atoms with Crippen LogP contribution in [0.3, 0.4) is 0 Å². The van der Waals surface area contributed by atoms with Gasteiger partial charge in [0.05, 0.1) is 23.4 Å². The van der Waals surface area contributed by atoms with Crippen molar-refractivity contribution in [1.82, 2.24) is 48.6 Å². The fourth-order valence-corrected chi connectivity index (χ4v) is 3.36. The first-order chi connectivity index (χ1) is 14.4. The molecule has 0 aliphatic rings. The Hall–Kier alpha value is -4.47. The first-order valence-corrected chi connectivity index (χ1v) is 8.80. The molecule has 6 aromatic rings. The minimum absolute atomic E-state index is 0.444. The van der Waals surface area contributed by atoms with Crippen LogP contribution in [0.2, 0.25) is 0 Å². The van der Waals surface area contributed by atoms with E-state index in [2.05, 4.69) is 24.9 Å². The van der Waals surface area contributed by atoms with Gasteiger partial charge in [-0.25, -0.2) is 9.97 Å². The average Bonchev–Trinajstić information content (AvgIpc) is 3.54. The molecule has 6 heterocycles. The molecule has 0 radical (unpaired) electrons. The summed E-state index contributed by atoms with van der Waals surface area (Å²) in [4.78, 5) is 30.8. The largest absolute Gasteiger partial charge is 0.275 e. The van der Waals surface area contributed by atoms with Gasteiger partial charge in [-0.15, -0.1) is 0 Å². The van der Waals surface area contributed by atoms with E-state index in [0.717, 1.165) is 21.8 Å². The van der Waals surface area contributed by atoms with Crippen molar-refractivity contribution >= 4 is 21.8 Å². The molecule has 0 N–H and O–H groups in total. The fourth-order valence-electron chi connectivity index (χ4n) is 3.36. The van der Waals surface area contributed by atoms with E-state index in [1.165, 1.54) is 0 Å². The molecule has 0 aliphatic heterocycles. The number of rotatable bonds is 3. The van der Waals surface area contributed by atoms with Gasteiger partial charge in [-0.2, -0.15) is 15.0 Å². The van der Waals surface area contributed by atoms with Crippen LogP contribution in [-0.4, -0.2) is 48.6 Å². The highest BCUT2D eigenvalue weighted by molar-refractivity contribution is 6.08. The molecule has 6 rings (SSSR count). The second kappa shape index (κ2) is 6.02. The van der Waals surface area contributed by atoms with E-state index in [1.54, 1.807) is 71.4 Å². The zero-order valence-corrected chi connectivity index (χ0v) is 14.9. The van der Waals surface area contributed by atoms with Crippen molar-refractivity contribution in [2.45, 2.75) is 0 Å². The number of pyridine rings is 2. The molecular formula is C19H12N10. The highest BCUT2D eigenvalue weighted by Gasteiger charge is 2.17. The van der Waals surface area contributed by atoms with E-state index < -0.39 is 0 Å². The Morgan fingerprint density at radius 1 is 0.552 bits per heavy atom. The summed E-state index contributed by atoms with van der Waals surface area (Å²) in [7, 11) is 0. The van der Waals surface area contributed by atoms with Crippen LogP contribution >= 0.6 is 0 Å². The summed E-state index contributed by atoms with van der Waals surface area (Å²) in [6.07, 6.45) is 17.3. The number of imidazole rings is 2. The Morgan fingerprint density at radius 2 is 1.07 bits per heavy atom. The quantitative estimate of drug-likeness (QED) is 0.463. The topological polar surface area (TPSA) is 105 Å². The van der Waals surface area contributed by atoms with Gasteiger partial charge in [0.2, 0.25) is 17.8 Å². The fraction of sp³-hybridized carbons (Fsp3) is 0. The second-order valence-electron chi connectivity index (χ2n) is 6.30. The Bertz CT molecular complexity index is 1340. The van der Waals surface area contributed by atoms with Crippen molar-refractivity contribution in [3.8, 4) is 17.8 Å². The Balaban J connectivity index is 1.71. The van der Waals surface area contributed by atoms with Gasteiger partial charge in [0.25, 0.3) is 0 Å². The summed E-state index contributed by atoms with van der Waals surface area (Å²) in [5.41, 5.74) is 1.77. The molecule has 0 saturated carbocycles. The van der Waals surface area contributed by atoms with Crippen LogP contribution in [0.5, 0.6) is 0 Å². The van der Waals surface area contributed by atoms with Gasteiger partial charge in [0, 0.05) is 48.0 Å². The van der Waals surface area contributed by atoms with Gasteiger partial charge >= 0.3 is 0 Å². The molecule has 0 bridgehead atoms. The summed E-state index contributed by atoms with van der Waals surface area (Å²) in [6.45, 7) is 0. The van der Waals surface area contributed by atoms with E-state index >= 15 is 0 Å². The van der Waals surface area contributed by atoms with Crippen LogP contribution < -0.4 is 0 Å². The van der Waals surface area contributed by atoms with Crippen molar-refractivity contribution in [2.24, 2.45) is 0 Å². The number of hydrogen-bond acceptors (Lipinski definition) is 7. The molecule has 0 atom stereocenters. The third-order valence-corrected chi connectivity index (χ3v) is 4.64. The molecule has 0 unspecified atom stereocenters. The maximum atomic E-state index is 4.70. The zero-order valence-electron chi connectivity index (χ0n) is 14.9. The molecule has 0 aromatic carbocycles. The zero-order chi connectivity index (χ0) is 19.2. The number of nitrogens with zero attached hydrogens (tertiary/aromatic N) is 10. The Labute approximate surface area is 163 Å². The van der Waals surface area contributed by atoms with Crippen LogP contribution in [0.25, 0.3) is 39.7 Å². The lowest BCUT2D eigenvalue weighted by Gasteiger charge is -2.10. The Kier molecular flexibility index (Phi) is 3.23. The number of fused-ring (bicyclic) bond motifs is 3. The molecule has 138 valence electrons. The molecule has 0 amide bonds. The van der Waals surface area contributed by atoms with Crippen molar-refractivity contribution in [2.75, 3.05) is 0 Å². The van der Waals surface area contributed by atoms with Crippen LogP contribution in [0, 0.1) is 0 Å². The molecule has 0 spiro atoms. The van der Waals surface area contributed by atoms with Gasteiger partial charge in [0.1, 0.15) is 12.7 Å². The third kappa shape index (κ3) is 2.39. The van der Waals surface area contributed by atoms with Gasteiger partial charge < -0.3 is 0 Å². The summed E-state index contributed by atoms with van der Waals surface area (Å²) < 4.78 is 5.40. The molecule has 10 nitrogen and oxygen atoms in total. The van der Waals surface area contributed by atoms with Crippen molar-refractivity contribution in [1.29, 1.82) is 0 Å². The maximum absolute atomic E-state index is 4.70. The molecule has 0 saturated heterocycles. The molecule has 0 fully saturated rings. The van der Waals surface area contributed by atoms with Gasteiger partial charge in [-0.3, -0.25) is 23.7 Å². The summed E-state index contributed by atoms with van der Waals surface area (Å²) >= 11 is 0. The highest BCUT2D eigenvalue weighted by atomic mass is 15.3. The van der Waals surface area contributed by atoms with Crippen LogP contribution in [-0.2, 0) is 0 Å². The van der Waals surface area contributed by atoms with Crippen molar-refractivity contribution in [3.63, 3.8) is 0 Å². The van der Waals surface area contributed by atoms with E-state index in [9.17, 15) is 0 Å². The van der Waals surface area contributed by atoms with E-state index in [4.69, 9.17) is 9.97 Å². The standard InChI is InChI=1S/C19H12N10/c1-3-20-9-15-13(1)14-2-4-21-10-16(14)29(15)19-25-17(27-7-5-22-11-27)24-18(26-19)28-8-6-23-12-28/h1-12H. The first-order valence-electron chi connectivity index (χ1n) is 8.80. The lowest BCUT2D eigenvalue weighted by atomic mass is 10.2. The smallest absolute Gasteiger partial charge is 0.241 e. The highest BCUT2D eigenvalue weighted by Crippen LogP contribution is 2.29.